The molecule has 3 nitrogen and oxygen atoms in total. The summed E-state index contributed by atoms with van der Waals surface area (Å²) in [5, 5.41) is 3.72. The van der Waals surface area contributed by atoms with Crippen LogP contribution in [-0.4, -0.2) is 49.8 Å². The number of hydrogen-bond acceptors (Lipinski definition) is 3. The molecule has 0 aromatic carbocycles. The maximum absolute atomic E-state index is 5.85. The zero-order chi connectivity index (χ0) is 13.7. The Kier molecular flexibility index (Phi) is 5.67. The van der Waals surface area contributed by atoms with Gasteiger partial charge in [0.2, 0.25) is 0 Å². The van der Waals surface area contributed by atoms with Crippen LogP contribution in [-0.2, 0) is 4.74 Å². The molecule has 3 heteroatoms. The summed E-state index contributed by atoms with van der Waals surface area (Å²) in [5.74, 6) is 0. The molecule has 2 saturated heterocycles. The molecule has 2 rings (SSSR count). The van der Waals surface area contributed by atoms with Gasteiger partial charge in [0.15, 0.2) is 0 Å². The lowest BCUT2D eigenvalue weighted by molar-refractivity contribution is 0.00490. The number of hydrogen-bond donors (Lipinski definition) is 1. The quantitative estimate of drug-likeness (QED) is 0.851. The molecule has 1 N–H and O–H groups in total. The maximum atomic E-state index is 5.85. The molecule has 112 valence electrons. The number of nitrogens with one attached hydrogen (secondary N) is 1. The van der Waals surface area contributed by atoms with Crippen LogP contribution in [0.2, 0.25) is 0 Å². The highest BCUT2D eigenvalue weighted by atomic mass is 16.5. The van der Waals surface area contributed by atoms with Gasteiger partial charge < -0.3 is 15.0 Å². The predicted molar refractivity (Wildman–Crippen MR) is 80.5 cm³/mol. The Morgan fingerprint density at radius 2 is 2.05 bits per heavy atom. The third-order valence-electron chi connectivity index (χ3n) is 4.57. The molecule has 2 aliphatic heterocycles. The van der Waals surface area contributed by atoms with Gasteiger partial charge in [-0.05, 0) is 50.6 Å². The van der Waals surface area contributed by atoms with Gasteiger partial charge in [0, 0.05) is 25.7 Å². The fourth-order valence-electron chi connectivity index (χ4n) is 3.14. The van der Waals surface area contributed by atoms with E-state index in [2.05, 4.69) is 31.0 Å². The molecule has 0 bridgehead atoms. The van der Waals surface area contributed by atoms with Crippen LogP contribution < -0.4 is 5.32 Å². The van der Waals surface area contributed by atoms with Crippen molar-refractivity contribution in [2.45, 2.75) is 65.0 Å². The molecule has 2 fully saturated rings. The van der Waals surface area contributed by atoms with E-state index in [0.717, 1.165) is 6.61 Å². The minimum atomic E-state index is 0.351. The SMILES string of the molecule is CC(C)(C)C1CN(CCC2CCCCO2)CCCN1. The molecule has 2 aliphatic rings. The van der Waals surface area contributed by atoms with Crippen LogP contribution in [0.1, 0.15) is 52.9 Å². The first-order valence-corrected chi connectivity index (χ1v) is 8.13. The van der Waals surface area contributed by atoms with Gasteiger partial charge in [-0.1, -0.05) is 20.8 Å². The van der Waals surface area contributed by atoms with Crippen molar-refractivity contribution in [2.24, 2.45) is 5.41 Å². The van der Waals surface area contributed by atoms with Crippen LogP contribution in [0.3, 0.4) is 0 Å². The van der Waals surface area contributed by atoms with E-state index >= 15 is 0 Å². The summed E-state index contributed by atoms with van der Waals surface area (Å²) in [4.78, 5) is 2.65. The zero-order valence-electron chi connectivity index (χ0n) is 13.1. The normalized spacial score (nSPS) is 31.1. The van der Waals surface area contributed by atoms with Crippen LogP contribution >= 0.6 is 0 Å². The maximum Gasteiger partial charge on any atom is 0.0587 e. The molecule has 2 heterocycles. The Labute approximate surface area is 119 Å². The third kappa shape index (κ3) is 5.05. The van der Waals surface area contributed by atoms with Crippen molar-refractivity contribution in [3.05, 3.63) is 0 Å². The van der Waals surface area contributed by atoms with E-state index in [-0.39, 0.29) is 0 Å². The Balaban J connectivity index is 1.78. The highest BCUT2D eigenvalue weighted by molar-refractivity contribution is 4.86. The van der Waals surface area contributed by atoms with E-state index in [1.807, 2.05) is 0 Å². The summed E-state index contributed by atoms with van der Waals surface area (Å²) < 4.78 is 5.85. The Morgan fingerprint density at radius 3 is 2.74 bits per heavy atom. The topological polar surface area (TPSA) is 24.5 Å². The van der Waals surface area contributed by atoms with Gasteiger partial charge in [0.1, 0.15) is 0 Å². The standard InChI is InChI=1S/C16H32N2O/c1-16(2,3)15-13-18(10-6-9-17-15)11-8-14-7-4-5-12-19-14/h14-15,17H,4-13H2,1-3H3. The first-order chi connectivity index (χ1) is 9.05. The second kappa shape index (κ2) is 7.05. The van der Waals surface area contributed by atoms with Gasteiger partial charge in [-0.15, -0.1) is 0 Å². The average Bonchev–Trinajstić information content (AvgIpc) is 2.62. The minimum Gasteiger partial charge on any atom is -0.378 e. The fourth-order valence-corrected chi connectivity index (χ4v) is 3.14. The number of nitrogens with zero attached hydrogens (tertiary/aromatic N) is 1. The number of rotatable bonds is 3. The van der Waals surface area contributed by atoms with Crippen LogP contribution in [0, 0.1) is 5.41 Å². The second-order valence-corrected chi connectivity index (χ2v) is 7.30. The zero-order valence-corrected chi connectivity index (χ0v) is 13.1. The first-order valence-electron chi connectivity index (χ1n) is 8.13. The second-order valence-electron chi connectivity index (χ2n) is 7.30. The van der Waals surface area contributed by atoms with E-state index in [4.69, 9.17) is 4.74 Å². The van der Waals surface area contributed by atoms with Gasteiger partial charge in [0.25, 0.3) is 0 Å². The molecule has 2 unspecified atom stereocenters. The van der Waals surface area contributed by atoms with Crippen molar-refractivity contribution in [3.8, 4) is 0 Å². The molecular weight excluding hydrogens is 236 g/mol. The van der Waals surface area contributed by atoms with Crippen molar-refractivity contribution in [2.75, 3.05) is 32.8 Å². The van der Waals surface area contributed by atoms with E-state index in [0.29, 0.717) is 17.6 Å². The third-order valence-corrected chi connectivity index (χ3v) is 4.57. The smallest absolute Gasteiger partial charge is 0.0587 e. The van der Waals surface area contributed by atoms with E-state index in [1.54, 1.807) is 0 Å². The summed E-state index contributed by atoms with van der Waals surface area (Å²) in [7, 11) is 0. The van der Waals surface area contributed by atoms with Crippen molar-refractivity contribution in [3.63, 3.8) is 0 Å². The van der Waals surface area contributed by atoms with Crippen LogP contribution in [0.4, 0.5) is 0 Å². The summed E-state index contributed by atoms with van der Waals surface area (Å²) in [6.07, 6.45) is 6.91. The fraction of sp³-hybridized carbons (Fsp3) is 1.00. The average molecular weight is 268 g/mol. The molecule has 0 amide bonds. The van der Waals surface area contributed by atoms with Crippen molar-refractivity contribution in [1.82, 2.24) is 10.2 Å². The lowest BCUT2D eigenvalue weighted by Gasteiger charge is -2.34. The molecular formula is C16H32N2O. The highest BCUT2D eigenvalue weighted by Gasteiger charge is 2.28. The summed E-state index contributed by atoms with van der Waals surface area (Å²) in [6, 6.07) is 0.613. The summed E-state index contributed by atoms with van der Waals surface area (Å²) in [6.45, 7) is 12.8. The Morgan fingerprint density at radius 1 is 1.21 bits per heavy atom. The van der Waals surface area contributed by atoms with Crippen molar-refractivity contribution in [1.29, 1.82) is 0 Å². The Bertz CT molecular complexity index is 256. The van der Waals surface area contributed by atoms with Gasteiger partial charge >= 0.3 is 0 Å². The summed E-state index contributed by atoms with van der Waals surface area (Å²) in [5.41, 5.74) is 0.351. The largest absolute Gasteiger partial charge is 0.378 e. The first kappa shape index (κ1) is 15.3. The predicted octanol–water partition coefficient (Wildman–Crippen LogP) is 2.66. The van der Waals surface area contributed by atoms with Crippen LogP contribution in [0.25, 0.3) is 0 Å². The molecule has 0 saturated carbocycles. The van der Waals surface area contributed by atoms with E-state index in [1.165, 1.54) is 58.3 Å². The molecule has 0 aliphatic carbocycles. The van der Waals surface area contributed by atoms with Gasteiger partial charge in [0.05, 0.1) is 6.10 Å². The van der Waals surface area contributed by atoms with Crippen molar-refractivity contribution < 1.29 is 4.74 Å². The molecule has 0 radical (unpaired) electrons. The summed E-state index contributed by atoms with van der Waals surface area (Å²) >= 11 is 0. The Hall–Kier alpha value is -0.120. The lowest BCUT2D eigenvalue weighted by Crippen LogP contribution is -2.46. The van der Waals surface area contributed by atoms with Crippen LogP contribution in [0.5, 0.6) is 0 Å². The monoisotopic (exact) mass is 268 g/mol. The minimum absolute atomic E-state index is 0.351. The lowest BCUT2D eigenvalue weighted by atomic mass is 9.86. The van der Waals surface area contributed by atoms with Crippen molar-refractivity contribution >= 4 is 0 Å². The van der Waals surface area contributed by atoms with E-state index in [9.17, 15) is 0 Å². The number of ether oxygens (including phenoxy) is 1. The molecule has 0 spiro atoms. The molecule has 19 heavy (non-hydrogen) atoms. The van der Waals surface area contributed by atoms with Gasteiger partial charge in [-0.3, -0.25) is 0 Å². The van der Waals surface area contributed by atoms with Gasteiger partial charge in [-0.2, -0.15) is 0 Å². The highest BCUT2D eigenvalue weighted by Crippen LogP contribution is 2.22. The van der Waals surface area contributed by atoms with E-state index < -0.39 is 0 Å². The molecule has 0 aromatic heterocycles. The molecule has 0 aromatic rings. The van der Waals surface area contributed by atoms with Crippen LogP contribution in [0.15, 0.2) is 0 Å². The van der Waals surface area contributed by atoms with Gasteiger partial charge in [-0.25, -0.2) is 0 Å². The molecule has 2 atom stereocenters.